The van der Waals surface area contributed by atoms with E-state index in [9.17, 15) is 13.2 Å². The van der Waals surface area contributed by atoms with E-state index in [0.29, 0.717) is 5.57 Å². The SMILES string of the molecule is CC1(C)CCC(OC2=C(c3ccc(S(C)(=O)=O)cc3)C(C)(C)OC2=O)C1. The van der Waals surface area contributed by atoms with Crippen molar-refractivity contribution < 1.29 is 22.7 Å². The van der Waals surface area contributed by atoms with Gasteiger partial charge >= 0.3 is 5.97 Å². The van der Waals surface area contributed by atoms with Gasteiger partial charge in [-0.15, -0.1) is 0 Å². The summed E-state index contributed by atoms with van der Waals surface area (Å²) < 4.78 is 35.0. The van der Waals surface area contributed by atoms with Crippen molar-refractivity contribution in [2.24, 2.45) is 5.41 Å². The summed E-state index contributed by atoms with van der Waals surface area (Å²) in [6.45, 7) is 8.04. The van der Waals surface area contributed by atoms with Crippen molar-refractivity contribution in [2.75, 3.05) is 6.26 Å². The van der Waals surface area contributed by atoms with Gasteiger partial charge in [0.1, 0.15) is 5.60 Å². The fourth-order valence-corrected chi connectivity index (χ4v) is 4.43. The molecule has 1 saturated carbocycles. The van der Waals surface area contributed by atoms with E-state index in [1.54, 1.807) is 24.3 Å². The van der Waals surface area contributed by atoms with Crippen LogP contribution < -0.4 is 0 Å². The average Bonchev–Trinajstić information content (AvgIpc) is 2.94. The third-order valence-corrected chi connectivity index (χ3v) is 6.27. The van der Waals surface area contributed by atoms with Crippen LogP contribution in [0.2, 0.25) is 0 Å². The molecule has 1 aliphatic heterocycles. The summed E-state index contributed by atoms with van der Waals surface area (Å²) in [7, 11) is -3.27. The highest BCUT2D eigenvalue weighted by molar-refractivity contribution is 7.90. The highest BCUT2D eigenvalue weighted by atomic mass is 32.2. The van der Waals surface area contributed by atoms with Crippen molar-refractivity contribution in [1.29, 1.82) is 0 Å². The van der Waals surface area contributed by atoms with Crippen LogP contribution in [-0.4, -0.2) is 32.3 Å². The van der Waals surface area contributed by atoms with Gasteiger partial charge in [-0.2, -0.15) is 0 Å². The highest BCUT2D eigenvalue weighted by Crippen LogP contribution is 2.44. The van der Waals surface area contributed by atoms with E-state index in [1.165, 1.54) is 6.26 Å². The Morgan fingerprint density at radius 1 is 1.12 bits per heavy atom. The molecule has 0 N–H and O–H groups in total. The van der Waals surface area contributed by atoms with Gasteiger partial charge in [0.05, 0.1) is 16.6 Å². The molecule has 26 heavy (non-hydrogen) atoms. The molecule has 1 aromatic rings. The maximum Gasteiger partial charge on any atom is 0.374 e. The van der Waals surface area contributed by atoms with Crippen molar-refractivity contribution in [3.63, 3.8) is 0 Å². The molecule has 1 heterocycles. The molecule has 5 nitrogen and oxygen atoms in total. The van der Waals surface area contributed by atoms with E-state index in [0.717, 1.165) is 24.8 Å². The first-order valence-electron chi connectivity index (χ1n) is 8.84. The van der Waals surface area contributed by atoms with Crippen LogP contribution in [-0.2, 0) is 24.1 Å². The molecule has 0 radical (unpaired) electrons. The molecule has 1 atom stereocenters. The number of benzene rings is 1. The second-order valence-corrected chi connectivity index (χ2v) is 10.6. The molecule has 1 aromatic carbocycles. The highest BCUT2D eigenvalue weighted by Gasteiger charge is 2.44. The number of carbonyl (C=O) groups is 1. The lowest BCUT2D eigenvalue weighted by Crippen LogP contribution is -2.22. The summed E-state index contributed by atoms with van der Waals surface area (Å²) >= 11 is 0. The van der Waals surface area contributed by atoms with Gasteiger partial charge in [0, 0.05) is 6.26 Å². The lowest BCUT2D eigenvalue weighted by Gasteiger charge is -2.21. The zero-order chi connectivity index (χ0) is 19.3. The summed E-state index contributed by atoms with van der Waals surface area (Å²) in [6, 6.07) is 6.51. The molecule has 1 fully saturated rings. The number of esters is 1. The van der Waals surface area contributed by atoms with Gasteiger partial charge in [-0.1, -0.05) is 26.0 Å². The van der Waals surface area contributed by atoms with E-state index in [-0.39, 0.29) is 22.2 Å². The summed E-state index contributed by atoms with van der Waals surface area (Å²) in [6.07, 6.45) is 4.02. The second kappa shape index (κ2) is 6.12. The van der Waals surface area contributed by atoms with Gasteiger partial charge < -0.3 is 9.47 Å². The van der Waals surface area contributed by atoms with Crippen LogP contribution in [0.25, 0.3) is 5.57 Å². The van der Waals surface area contributed by atoms with Crippen LogP contribution in [0.3, 0.4) is 0 Å². The smallest absolute Gasteiger partial charge is 0.374 e. The number of carbonyl (C=O) groups excluding carboxylic acids is 1. The summed E-state index contributed by atoms with van der Waals surface area (Å²) in [5.41, 5.74) is 0.793. The Morgan fingerprint density at radius 3 is 2.23 bits per heavy atom. The lowest BCUT2D eigenvalue weighted by atomic mass is 9.91. The fraction of sp³-hybridized carbons (Fsp3) is 0.550. The first-order valence-corrected chi connectivity index (χ1v) is 10.7. The summed E-state index contributed by atoms with van der Waals surface area (Å²) in [5, 5.41) is 0. The maximum atomic E-state index is 12.4. The third-order valence-electron chi connectivity index (χ3n) is 5.14. The van der Waals surface area contributed by atoms with Crippen molar-refractivity contribution >= 4 is 21.4 Å². The number of hydrogen-bond donors (Lipinski definition) is 0. The van der Waals surface area contributed by atoms with Crippen molar-refractivity contribution in [1.82, 2.24) is 0 Å². The zero-order valence-electron chi connectivity index (χ0n) is 16.0. The normalized spacial score (nSPS) is 24.7. The number of ether oxygens (including phenoxy) is 2. The van der Waals surface area contributed by atoms with Gasteiger partial charge in [-0.3, -0.25) is 0 Å². The van der Waals surface area contributed by atoms with E-state index >= 15 is 0 Å². The van der Waals surface area contributed by atoms with Crippen LogP contribution in [0.4, 0.5) is 0 Å². The molecular weight excluding hydrogens is 352 g/mol. The van der Waals surface area contributed by atoms with Crippen molar-refractivity contribution in [2.45, 2.75) is 63.6 Å². The largest absolute Gasteiger partial charge is 0.483 e. The molecule has 0 aromatic heterocycles. The number of sulfone groups is 1. The molecule has 0 amide bonds. The minimum Gasteiger partial charge on any atom is -0.483 e. The van der Waals surface area contributed by atoms with E-state index in [2.05, 4.69) is 13.8 Å². The van der Waals surface area contributed by atoms with Gasteiger partial charge in [0.25, 0.3) is 0 Å². The Labute approximate surface area is 155 Å². The quantitative estimate of drug-likeness (QED) is 0.747. The molecule has 0 spiro atoms. The van der Waals surface area contributed by atoms with Gasteiger partial charge in [-0.05, 0) is 56.2 Å². The molecule has 6 heteroatoms. The fourth-order valence-electron chi connectivity index (χ4n) is 3.80. The van der Waals surface area contributed by atoms with Crippen LogP contribution in [0.1, 0.15) is 52.5 Å². The average molecular weight is 378 g/mol. The minimum absolute atomic E-state index is 0.00765. The van der Waals surface area contributed by atoms with Crippen LogP contribution in [0.15, 0.2) is 34.9 Å². The molecule has 1 unspecified atom stereocenters. The Bertz CT molecular complexity index is 860. The Morgan fingerprint density at radius 2 is 1.73 bits per heavy atom. The minimum atomic E-state index is -3.27. The Hall–Kier alpha value is -1.82. The second-order valence-electron chi connectivity index (χ2n) is 8.55. The number of hydrogen-bond acceptors (Lipinski definition) is 5. The molecule has 142 valence electrons. The van der Waals surface area contributed by atoms with Crippen molar-refractivity contribution in [3.05, 3.63) is 35.6 Å². The molecule has 2 aliphatic rings. The monoisotopic (exact) mass is 378 g/mol. The van der Waals surface area contributed by atoms with E-state index in [4.69, 9.17) is 9.47 Å². The molecule has 0 bridgehead atoms. The van der Waals surface area contributed by atoms with E-state index < -0.39 is 21.4 Å². The number of rotatable bonds is 4. The molecule has 3 rings (SSSR count). The van der Waals surface area contributed by atoms with Crippen LogP contribution in [0, 0.1) is 5.41 Å². The van der Waals surface area contributed by atoms with Gasteiger partial charge in [0.2, 0.25) is 5.76 Å². The maximum absolute atomic E-state index is 12.4. The molecule has 1 aliphatic carbocycles. The third kappa shape index (κ3) is 3.65. The van der Waals surface area contributed by atoms with Gasteiger partial charge in [0.15, 0.2) is 9.84 Å². The van der Waals surface area contributed by atoms with E-state index in [1.807, 2.05) is 13.8 Å². The molecule has 0 saturated heterocycles. The standard InChI is InChI=1S/C20H26O5S/c1-19(2)11-10-14(12-19)24-17-16(20(3,4)25-18(17)21)13-6-8-15(9-7-13)26(5,22)23/h6-9,14H,10-12H2,1-5H3. The summed E-state index contributed by atoms with van der Waals surface area (Å²) in [5.74, 6) is -0.202. The molecular formula is C20H26O5S. The topological polar surface area (TPSA) is 69.7 Å². The first kappa shape index (κ1) is 19.0. The van der Waals surface area contributed by atoms with Crippen molar-refractivity contribution in [3.8, 4) is 0 Å². The van der Waals surface area contributed by atoms with Crippen LogP contribution >= 0.6 is 0 Å². The van der Waals surface area contributed by atoms with Crippen LogP contribution in [0.5, 0.6) is 0 Å². The Balaban J connectivity index is 1.98. The predicted octanol–water partition coefficient (Wildman–Crippen LogP) is 3.73. The zero-order valence-corrected chi connectivity index (χ0v) is 16.8. The Kier molecular flexibility index (Phi) is 4.46. The first-order chi connectivity index (χ1) is 11.9. The summed E-state index contributed by atoms with van der Waals surface area (Å²) in [4.78, 5) is 12.7. The predicted molar refractivity (Wildman–Crippen MR) is 99.1 cm³/mol. The lowest BCUT2D eigenvalue weighted by molar-refractivity contribution is -0.147. The number of cyclic esters (lactones) is 1. The van der Waals surface area contributed by atoms with Gasteiger partial charge in [-0.25, -0.2) is 13.2 Å².